The number of alkyl halides is 1. The molecule has 0 fully saturated rings. The molecule has 1 aromatic carbocycles. The highest BCUT2D eigenvalue weighted by molar-refractivity contribution is 6.17. The van der Waals surface area contributed by atoms with Crippen LogP contribution in [0.1, 0.15) is 17.1 Å². The maximum absolute atomic E-state index is 5.90. The van der Waals surface area contributed by atoms with Gasteiger partial charge < -0.3 is 4.57 Å². The van der Waals surface area contributed by atoms with E-state index >= 15 is 0 Å². The minimum absolute atomic E-state index is 0.579. The molecule has 3 aromatic rings. The third-order valence-corrected chi connectivity index (χ3v) is 3.91. The predicted octanol–water partition coefficient (Wildman–Crippen LogP) is 2.91. The van der Waals surface area contributed by atoms with E-state index in [1.807, 2.05) is 36.1 Å². The summed E-state index contributed by atoms with van der Waals surface area (Å²) in [5, 5.41) is 4.31. The Morgan fingerprint density at radius 3 is 2.75 bits per heavy atom. The minimum Gasteiger partial charge on any atom is -0.323 e. The molecule has 0 aliphatic rings. The molecule has 0 unspecified atom stereocenters. The van der Waals surface area contributed by atoms with Gasteiger partial charge in [-0.05, 0) is 19.1 Å². The molecule has 2 heterocycles. The average molecular weight is 289 g/mol. The fourth-order valence-corrected chi connectivity index (χ4v) is 2.62. The lowest BCUT2D eigenvalue weighted by Gasteiger charge is -2.08. The van der Waals surface area contributed by atoms with Crippen LogP contribution < -0.4 is 0 Å². The van der Waals surface area contributed by atoms with Gasteiger partial charge in [0, 0.05) is 30.6 Å². The van der Waals surface area contributed by atoms with Crippen LogP contribution in [0.2, 0.25) is 0 Å². The van der Waals surface area contributed by atoms with E-state index < -0.39 is 0 Å². The van der Waals surface area contributed by atoms with Gasteiger partial charge in [0.15, 0.2) is 0 Å². The van der Waals surface area contributed by atoms with Gasteiger partial charge in [-0.25, -0.2) is 4.98 Å². The van der Waals surface area contributed by atoms with Gasteiger partial charge in [-0.3, -0.25) is 4.68 Å². The molecule has 4 nitrogen and oxygen atoms in total. The van der Waals surface area contributed by atoms with Crippen molar-refractivity contribution in [1.82, 2.24) is 19.3 Å². The van der Waals surface area contributed by atoms with Crippen molar-refractivity contribution in [2.24, 2.45) is 7.05 Å². The average Bonchev–Trinajstić information content (AvgIpc) is 2.95. The zero-order chi connectivity index (χ0) is 14.1. The summed E-state index contributed by atoms with van der Waals surface area (Å²) in [6, 6.07) is 8.20. The van der Waals surface area contributed by atoms with Crippen molar-refractivity contribution in [1.29, 1.82) is 0 Å². The summed E-state index contributed by atoms with van der Waals surface area (Å²) in [4.78, 5) is 4.69. The molecule has 0 saturated heterocycles. The third kappa shape index (κ3) is 2.20. The first-order valence-corrected chi connectivity index (χ1v) is 7.21. The number of rotatable bonds is 4. The zero-order valence-corrected chi connectivity index (χ0v) is 12.4. The number of aromatic nitrogens is 4. The summed E-state index contributed by atoms with van der Waals surface area (Å²) < 4.78 is 4.14. The van der Waals surface area contributed by atoms with Gasteiger partial charge in [-0.2, -0.15) is 5.10 Å². The maximum atomic E-state index is 5.90. The molecule has 0 amide bonds. The smallest absolute Gasteiger partial charge is 0.111 e. The minimum atomic E-state index is 0.579. The summed E-state index contributed by atoms with van der Waals surface area (Å²) in [6.07, 6.45) is 2.70. The standard InChI is InChI=1S/C15H17ClN4/c1-11-12(9-17-19(11)2)10-20-14-6-4-3-5-13(14)18-15(20)7-8-16/h3-6,9H,7-8,10H2,1-2H3. The molecule has 0 saturated carbocycles. The topological polar surface area (TPSA) is 35.6 Å². The van der Waals surface area contributed by atoms with Gasteiger partial charge in [-0.15, -0.1) is 11.6 Å². The number of benzene rings is 1. The Hall–Kier alpha value is -1.81. The Labute approximate surface area is 123 Å². The first-order chi connectivity index (χ1) is 9.70. The Bertz CT molecular complexity index is 741. The summed E-state index contributed by atoms with van der Waals surface area (Å²) in [5.74, 6) is 1.61. The first kappa shape index (κ1) is 13.2. The van der Waals surface area contributed by atoms with E-state index in [0.29, 0.717) is 5.88 Å². The monoisotopic (exact) mass is 288 g/mol. The van der Waals surface area contributed by atoms with Crippen LogP contribution in [0.15, 0.2) is 30.5 Å². The van der Waals surface area contributed by atoms with Crippen LogP contribution in [0.5, 0.6) is 0 Å². The number of hydrogen-bond acceptors (Lipinski definition) is 2. The normalized spacial score (nSPS) is 11.3. The molecule has 0 radical (unpaired) electrons. The number of imidazole rings is 1. The van der Waals surface area contributed by atoms with Crippen molar-refractivity contribution < 1.29 is 0 Å². The SMILES string of the molecule is Cc1c(Cn2c(CCCl)nc3ccccc32)cnn1C. The molecule has 20 heavy (non-hydrogen) atoms. The molecule has 2 aromatic heterocycles. The molecule has 0 atom stereocenters. The second kappa shape index (κ2) is 5.29. The van der Waals surface area contributed by atoms with E-state index in [9.17, 15) is 0 Å². The number of para-hydroxylation sites is 2. The van der Waals surface area contributed by atoms with Crippen molar-refractivity contribution in [2.75, 3.05) is 5.88 Å². The zero-order valence-electron chi connectivity index (χ0n) is 11.7. The van der Waals surface area contributed by atoms with Crippen molar-refractivity contribution in [3.05, 3.63) is 47.5 Å². The Kier molecular flexibility index (Phi) is 3.49. The first-order valence-electron chi connectivity index (χ1n) is 6.68. The van der Waals surface area contributed by atoms with Crippen molar-refractivity contribution in [3.63, 3.8) is 0 Å². The molecule has 0 aliphatic carbocycles. The fourth-order valence-electron chi connectivity index (χ4n) is 2.45. The highest BCUT2D eigenvalue weighted by Gasteiger charge is 2.12. The van der Waals surface area contributed by atoms with E-state index in [-0.39, 0.29) is 0 Å². The Morgan fingerprint density at radius 2 is 2.05 bits per heavy atom. The lowest BCUT2D eigenvalue weighted by molar-refractivity contribution is 0.724. The highest BCUT2D eigenvalue weighted by Crippen LogP contribution is 2.19. The predicted molar refractivity (Wildman–Crippen MR) is 81.2 cm³/mol. The van der Waals surface area contributed by atoms with E-state index in [1.165, 1.54) is 11.3 Å². The van der Waals surface area contributed by atoms with Gasteiger partial charge in [0.05, 0.1) is 23.8 Å². The lowest BCUT2D eigenvalue weighted by atomic mass is 10.2. The quantitative estimate of drug-likeness (QED) is 0.692. The second-order valence-corrected chi connectivity index (χ2v) is 5.30. The van der Waals surface area contributed by atoms with E-state index in [0.717, 1.165) is 29.8 Å². The van der Waals surface area contributed by atoms with E-state index in [2.05, 4.69) is 27.6 Å². The number of nitrogens with zero attached hydrogens (tertiary/aromatic N) is 4. The van der Waals surface area contributed by atoms with E-state index in [4.69, 9.17) is 11.6 Å². The molecule has 0 spiro atoms. The van der Waals surface area contributed by atoms with Crippen molar-refractivity contribution in [2.45, 2.75) is 19.9 Å². The van der Waals surface area contributed by atoms with Crippen molar-refractivity contribution >= 4 is 22.6 Å². The Morgan fingerprint density at radius 1 is 1.25 bits per heavy atom. The summed E-state index contributed by atoms with van der Waals surface area (Å²) in [7, 11) is 1.96. The van der Waals surface area contributed by atoms with Gasteiger partial charge in [0.25, 0.3) is 0 Å². The van der Waals surface area contributed by atoms with Crippen LogP contribution in [0, 0.1) is 6.92 Å². The molecule has 5 heteroatoms. The molecule has 3 rings (SSSR count). The number of aryl methyl sites for hydroxylation is 2. The third-order valence-electron chi connectivity index (χ3n) is 3.72. The molecular formula is C15H17ClN4. The van der Waals surface area contributed by atoms with Crippen LogP contribution in [-0.2, 0) is 20.0 Å². The summed E-state index contributed by atoms with van der Waals surface area (Å²) in [6.45, 7) is 2.87. The van der Waals surface area contributed by atoms with Crippen LogP contribution >= 0.6 is 11.6 Å². The molecule has 0 N–H and O–H groups in total. The van der Waals surface area contributed by atoms with Crippen LogP contribution in [0.4, 0.5) is 0 Å². The maximum Gasteiger partial charge on any atom is 0.111 e. The number of fused-ring (bicyclic) bond motifs is 1. The molecule has 104 valence electrons. The van der Waals surface area contributed by atoms with Gasteiger partial charge >= 0.3 is 0 Å². The number of halogens is 1. The fraction of sp³-hybridized carbons (Fsp3) is 0.333. The van der Waals surface area contributed by atoms with Gasteiger partial charge in [0.2, 0.25) is 0 Å². The van der Waals surface area contributed by atoms with Gasteiger partial charge in [-0.1, -0.05) is 12.1 Å². The molecular weight excluding hydrogens is 272 g/mol. The largest absolute Gasteiger partial charge is 0.323 e. The van der Waals surface area contributed by atoms with Crippen molar-refractivity contribution in [3.8, 4) is 0 Å². The van der Waals surface area contributed by atoms with Crippen LogP contribution in [0.25, 0.3) is 11.0 Å². The lowest BCUT2D eigenvalue weighted by Crippen LogP contribution is -2.07. The number of hydrogen-bond donors (Lipinski definition) is 0. The van der Waals surface area contributed by atoms with E-state index in [1.54, 1.807) is 0 Å². The molecule has 0 aliphatic heterocycles. The van der Waals surface area contributed by atoms with Crippen LogP contribution in [-0.4, -0.2) is 25.2 Å². The summed E-state index contributed by atoms with van der Waals surface area (Å²) >= 11 is 5.90. The second-order valence-electron chi connectivity index (χ2n) is 4.92. The summed E-state index contributed by atoms with van der Waals surface area (Å²) in [5.41, 5.74) is 4.57. The highest BCUT2D eigenvalue weighted by atomic mass is 35.5. The Balaban J connectivity index is 2.09. The molecule has 0 bridgehead atoms. The van der Waals surface area contributed by atoms with Crippen LogP contribution in [0.3, 0.4) is 0 Å². The van der Waals surface area contributed by atoms with Gasteiger partial charge in [0.1, 0.15) is 5.82 Å².